The SMILES string of the molecule is CC(=O)N1CCN(CCN2C3C[CH]C[C@@H]2CC3)CC1. The monoisotopic (exact) mass is 264 g/mol. The van der Waals surface area contributed by atoms with Crippen molar-refractivity contribution in [3.63, 3.8) is 0 Å². The van der Waals surface area contributed by atoms with Gasteiger partial charge in [-0.15, -0.1) is 0 Å². The quantitative estimate of drug-likeness (QED) is 0.760. The van der Waals surface area contributed by atoms with Crippen LogP contribution in [0.15, 0.2) is 0 Å². The van der Waals surface area contributed by atoms with Gasteiger partial charge >= 0.3 is 0 Å². The third-order valence-corrected chi connectivity index (χ3v) is 5.14. The van der Waals surface area contributed by atoms with Crippen molar-refractivity contribution in [3.8, 4) is 0 Å². The molecule has 3 heterocycles. The van der Waals surface area contributed by atoms with E-state index in [1.165, 1.54) is 38.8 Å². The Bertz CT molecular complexity index is 309. The summed E-state index contributed by atoms with van der Waals surface area (Å²) in [6.45, 7) is 8.01. The van der Waals surface area contributed by atoms with Gasteiger partial charge in [0.15, 0.2) is 0 Å². The first-order valence-corrected chi connectivity index (χ1v) is 7.79. The molecular weight excluding hydrogens is 238 g/mol. The Kier molecular flexibility index (Phi) is 4.08. The third-order valence-electron chi connectivity index (χ3n) is 5.14. The van der Waals surface area contributed by atoms with Gasteiger partial charge in [0.2, 0.25) is 5.91 Å². The predicted molar refractivity (Wildman–Crippen MR) is 75.7 cm³/mol. The van der Waals surface area contributed by atoms with Crippen molar-refractivity contribution in [2.45, 2.75) is 44.7 Å². The highest BCUT2D eigenvalue weighted by Crippen LogP contribution is 2.34. The van der Waals surface area contributed by atoms with E-state index in [4.69, 9.17) is 0 Å². The van der Waals surface area contributed by atoms with Gasteiger partial charge in [0.1, 0.15) is 0 Å². The molecule has 0 N–H and O–H groups in total. The van der Waals surface area contributed by atoms with Gasteiger partial charge in [-0.25, -0.2) is 0 Å². The summed E-state index contributed by atoms with van der Waals surface area (Å²) in [6.07, 6.45) is 7.90. The second-order valence-corrected chi connectivity index (χ2v) is 6.23. The molecular formula is C15H26N3O. The Morgan fingerprint density at radius 1 is 1.05 bits per heavy atom. The van der Waals surface area contributed by atoms with E-state index in [1.807, 2.05) is 4.90 Å². The number of piperazine rings is 1. The van der Waals surface area contributed by atoms with Gasteiger partial charge in [-0.1, -0.05) is 0 Å². The third kappa shape index (κ3) is 2.95. The molecule has 3 aliphatic heterocycles. The van der Waals surface area contributed by atoms with Gasteiger partial charge < -0.3 is 4.90 Å². The second-order valence-electron chi connectivity index (χ2n) is 6.23. The van der Waals surface area contributed by atoms with Crippen molar-refractivity contribution in [2.24, 2.45) is 0 Å². The fraction of sp³-hybridized carbons (Fsp3) is 0.867. The standard InChI is InChI=1S/C15H26N3O/c1-13(19)17-10-7-16(8-11-17)9-12-18-14-3-2-4-15(18)6-5-14/h2,14-15H,3-12H2,1H3/t14-,15?/m1/s1. The van der Waals surface area contributed by atoms with E-state index in [0.29, 0.717) is 0 Å². The summed E-state index contributed by atoms with van der Waals surface area (Å²) < 4.78 is 0. The van der Waals surface area contributed by atoms with E-state index in [0.717, 1.165) is 38.3 Å². The first-order valence-electron chi connectivity index (χ1n) is 7.79. The molecule has 19 heavy (non-hydrogen) atoms. The van der Waals surface area contributed by atoms with Crippen LogP contribution in [0.2, 0.25) is 0 Å². The molecule has 0 saturated carbocycles. The Morgan fingerprint density at radius 3 is 2.26 bits per heavy atom. The molecule has 2 bridgehead atoms. The fourth-order valence-electron chi connectivity index (χ4n) is 3.91. The lowest BCUT2D eigenvalue weighted by molar-refractivity contribution is -0.130. The number of carbonyl (C=O) groups excluding carboxylic acids is 1. The number of hydrogen-bond donors (Lipinski definition) is 0. The van der Waals surface area contributed by atoms with Crippen molar-refractivity contribution < 1.29 is 4.79 Å². The van der Waals surface area contributed by atoms with Crippen molar-refractivity contribution in [1.82, 2.24) is 14.7 Å². The normalized spacial score (nSPS) is 32.8. The molecule has 0 aromatic heterocycles. The topological polar surface area (TPSA) is 26.8 Å². The van der Waals surface area contributed by atoms with E-state index in [1.54, 1.807) is 6.92 Å². The molecule has 4 nitrogen and oxygen atoms in total. The molecule has 0 aromatic carbocycles. The Balaban J connectivity index is 1.42. The van der Waals surface area contributed by atoms with Crippen molar-refractivity contribution in [2.75, 3.05) is 39.3 Å². The molecule has 0 aromatic rings. The van der Waals surface area contributed by atoms with Crippen LogP contribution < -0.4 is 0 Å². The van der Waals surface area contributed by atoms with E-state index >= 15 is 0 Å². The molecule has 1 amide bonds. The van der Waals surface area contributed by atoms with Crippen LogP contribution >= 0.6 is 0 Å². The average molecular weight is 264 g/mol. The molecule has 3 aliphatic rings. The zero-order valence-electron chi connectivity index (χ0n) is 12.1. The molecule has 4 heteroatoms. The minimum absolute atomic E-state index is 0.226. The molecule has 107 valence electrons. The Hall–Kier alpha value is -0.610. The van der Waals surface area contributed by atoms with Crippen molar-refractivity contribution in [1.29, 1.82) is 0 Å². The van der Waals surface area contributed by atoms with E-state index in [2.05, 4.69) is 16.2 Å². The molecule has 3 fully saturated rings. The summed E-state index contributed by atoms with van der Waals surface area (Å²) in [4.78, 5) is 18.5. The maximum Gasteiger partial charge on any atom is 0.219 e. The lowest BCUT2D eigenvalue weighted by atomic mass is 10.0. The summed E-state index contributed by atoms with van der Waals surface area (Å²) in [7, 11) is 0. The molecule has 3 saturated heterocycles. The van der Waals surface area contributed by atoms with Crippen LogP contribution in [0.4, 0.5) is 0 Å². The van der Waals surface area contributed by atoms with Gasteiger partial charge in [-0.3, -0.25) is 14.6 Å². The number of fused-ring (bicyclic) bond motifs is 2. The number of hydrogen-bond acceptors (Lipinski definition) is 3. The van der Waals surface area contributed by atoms with Crippen LogP contribution in [-0.4, -0.2) is 72.0 Å². The highest BCUT2D eigenvalue weighted by atomic mass is 16.2. The highest BCUT2D eigenvalue weighted by Gasteiger charge is 2.36. The van der Waals surface area contributed by atoms with Crippen LogP contribution in [0, 0.1) is 6.42 Å². The average Bonchev–Trinajstić information content (AvgIpc) is 2.65. The molecule has 2 atom stereocenters. The predicted octanol–water partition coefficient (Wildman–Crippen LogP) is 0.982. The fourth-order valence-corrected chi connectivity index (χ4v) is 3.91. The van der Waals surface area contributed by atoms with Crippen LogP contribution in [-0.2, 0) is 4.79 Å². The van der Waals surface area contributed by atoms with Crippen molar-refractivity contribution in [3.05, 3.63) is 6.42 Å². The summed E-state index contributed by atoms with van der Waals surface area (Å²) in [5, 5.41) is 0. The van der Waals surface area contributed by atoms with Gasteiger partial charge in [0, 0.05) is 58.3 Å². The van der Waals surface area contributed by atoms with E-state index in [-0.39, 0.29) is 5.91 Å². The van der Waals surface area contributed by atoms with E-state index < -0.39 is 0 Å². The summed E-state index contributed by atoms with van der Waals surface area (Å²) in [5.41, 5.74) is 0. The number of piperidine rings is 1. The minimum atomic E-state index is 0.226. The smallest absolute Gasteiger partial charge is 0.219 e. The lowest BCUT2D eigenvalue weighted by Gasteiger charge is -2.38. The summed E-state index contributed by atoms with van der Waals surface area (Å²) >= 11 is 0. The van der Waals surface area contributed by atoms with Crippen LogP contribution in [0.25, 0.3) is 0 Å². The maximum atomic E-state index is 11.3. The summed E-state index contributed by atoms with van der Waals surface area (Å²) in [6, 6.07) is 1.66. The molecule has 0 aliphatic carbocycles. The number of rotatable bonds is 3. The maximum absolute atomic E-state index is 11.3. The first kappa shape index (κ1) is 13.4. The zero-order valence-corrected chi connectivity index (χ0v) is 12.1. The lowest BCUT2D eigenvalue weighted by Crippen LogP contribution is -2.51. The van der Waals surface area contributed by atoms with Gasteiger partial charge in [-0.05, 0) is 32.1 Å². The van der Waals surface area contributed by atoms with Crippen LogP contribution in [0.5, 0.6) is 0 Å². The largest absolute Gasteiger partial charge is 0.340 e. The van der Waals surface area contributed by atoms with Crippen LogP contribution in [0.1, 0.15) is 32.6 Å². The minimum Gasteiger partial charge on any atom is -0.340 e. The van der Waals surface area contributed by atoms with Crippen LogP contribution in [0.3, 0.4) is 0 Å². The summed E-state index contributed by atoms with van der Waals surface area (Å²) in [5.74, 6) is 0.226. The molecule has 0 spiro atoms. The Labute approximate surface area is 116 Å². The first-order chi connectivity index (χ1) is 9.24. The van der Waals surface area contributed by atoms with Gasteiger partial charge in [0.25, 0.3) is 0 Å². The van der Waals surface area contributed by atoms with E-state index in [9.17, 15) is 4.79 Å². The number of carbonyl (C=O) groups is 1. The highest BCUT2D eigenvalue weighted by molar-refractivity contribution is 5.73. The molecule has 1 unspecified atom stereocenters. The zero-order chi connectivity index (χ0) is 13.2. The Morgan fingerprint density at radius 2 is 1.68 bits per heavy atom. The number of nitrogens with zero attached hydrogens (tertiary/aromatic N) is 3. The van der Waals surface area contributed by atoms with Crippen molar-refractivity contribution >= 4 is 5.91 Å². The second kappa shape index (κ2) is 5.80. The number of amides is 1. The van der Waals surface area contributed by atoms with Gasteiger partial charge in [-0.2, -0.15) is 0 Å². The molecule has 1 radical (unpaired) electrons. The molecule has 3 rings (SSSR count). The van der Waals surface area contributed by atoms with Gasteiger partial charge in [0.05, 0.1) is 0 Å².